The largest absolute Gasteiger partial charge is 0.489 e. The van der Waals surface area contributed by atoms with Gasteiger partial charge in [-0.25, -0.2) is 0 Å². The van der Waals surface area contributed by atoms with Gasteiger partial charge in [0.15, 0.2) is 0 Å². The molecule has 0 bridgehead atoms. The fraction of sp³-hybridized carbons (Fsp3) is 0.316. The highest BCUT2D eigenvalue weighted by molar-refractivity contribution is 5.38. The van der Waals surface area contributed by atoms with Gasteiger partial charge in [0.1, 0.15) is 12.4 Å². The van der Waals surface area contributed by atoms with Gasteiger partial charge in [0, 0.05) is 36.8 Å². The fourth-order valence-electron chi connectivity index (χ4n) is 2.82. The average Bonchev–Trinajstić information content (AvgIpc) is 3.04. The van der Waals surface area contributed by atoms with E-state index in [1.807, 2.05) is 42.5 Å². The van der Waals surface area contributed by atoms with Crippen LogP contribution >= 0.6 is 0 Å². The molecule has 5 nitrogen and oxygen atoms in total. The van der Waals surface area contributed by atoms with Crippen LogP contribution in [0, 0.1) is 11.3 Å². The number of β-amino-alcohol motifs (C(OH)–C–C–N with tert-alkyl or cyclic N) is 1. The monoisotopic (exact) mass is 323 g/mol. The Kier molecular flexibility index (Phi) is 5.44. The predicted molar refractivity (Wildman–Crippen MR) is 91.4 cm³/mol. The highest BCUT2D eigenvalue weighted by Gasteiger charge is 2.24. The number of hydrogen-bond acceptors (Lipinski definition) is 5. The molecule has 3 N–H and O–H groups in total. The van der Waals surface area contributed by atoms with Gasteiger partial charge in [-0.05, 0) is 12.1 Å². The van der Waals surface area contributed by atoms with Gasteiger partial charge >= 0.3 is 0 Å². The van der Waals surface area contributed by atoms with Crippen molar-refractivity contribution in [3.63, 3.8) is 0 Å². The van der Waals surface area contributed by atoms with E-state index in [2.05, 4.69) is 16.7 Å². The molecule has 1 aliphatic heterocycles. The molecule has 124 valence electrons. The van der Waals surface area contributed by atoms with Gasteiger partial charge in [0.05, 0.1) is 17.7 Å². The number of para-hydroxylation sites is 1. The van der Waals surface area contributed by atoms with E-state index in [9.17, 15) is 5.11 Å². The maximum absolute atomic E-state index is 9.86. The van der Waals surface area contributed by atoms with Crippen molar-refractivity contribution in [2.75, 3.05) is 13.1 Å². The Hall–Kier alpha value is -2.39. The van der Waals surface area contributed by atoms with E-state index in [0.717, 1.165) is 23.4 Å². The summed E-state index contributed by atoms with van der Waals surface area (Å²) in [6.45, 7) is 2.37. The van der Waals surface area contributed by atoms with Crippen LogP contribution in [0.4, 0.5) is 0 Å². The number of aliphatic hydroxyl groups excluding tert-OH is 1. The Bertz CT molecular complexity index is 727. The summed E-state index contributed by atoms with van der Waals surface area (Å²) >= 11 is 0. The number of aliphatic hydroxyl groups is 1. The lowest BCUT2D eigenvalue weighted by atomic mass is 10.1. The van der Waals surface area contributed by atoms with Gasteiger partial charge in [-0.1, -0.05) is 36.4 Å². The van der Waals surface area contributed by atoms with Crippen molar-refractivity contribution in [1.29, 1.82) is 5.26 Å². The summed E-state index contributed by atoms with van der Waals surface area (Å²) in [6, 6.07) is 17.5. The standard InChI is InChI=1S/C19H21N3O2/c20-9-14-5-1-2-7-16(14)13-24-19-8-4-3-6-15(19)10-22-17-11-21-12-18(17)23/h1-8,17-18,21-23H,10-13H2/t17-,18-/m1/s1. The van der Waals surface area contributed by atoms with Crippen molar-refractivity contribution in [3.8, 4) is 11.8 Å². The molecule has 1 saturated heterocycles. The van der Waals surface area contributed by atoms with E-state index >= 15 is 0 Å². The first-order valence-electron chi connectivity index (χ1n) is 8.09. The predicted octanol–water partition coefficient (Wildman–Crippen LogP) is 1.56. The third-order valence-electron chi connectivity index (χ3n) is 4.23. The number of nitrogens with zero attached hydrogens (tertiary/aromatic N) is 1. The molecule has 5 heteroatoms. The van der Waals surface area contributed by atoms with Gasteiger partial charge in [-0.15, -0.1) is 0 Å². The van der Waals surface area contributed by atoms with Crippen molar-refractivity contribution in [2.24, 2.45) is 0 Å². The van der Waals surface area contributed by atoms with Crippen molar-refractivity contribution in [1.82, 2.24) is 10.6 Å². The second kappa shape index (κ2) is 7.93. The Balaban J connectivity index is 1.64. The van der Waals surface area contributed by atoms with E-state index in [1.54, 1.807) is 6.07 Å². The van der Waals surface area contributed by atoms with Crippen LogP contribution in [0.5, 0.6) is 5.75 Å². The summed E-state index contributed by atoms with van der Waals surface area (Å²) in [6.07, 6.45) is -0.361. The highest BCUT2D eigenvalue weighted by Crippen LogP contribution is 2.20. The van der Waals surface area contributed by atoms with Crippen LogP contribution < -0.4 is 15.4 Å². The lowest BCUT2D eigenvalue weighted by Gasteiger charge is -2.17. The molecule has 24 heavy (non-hydrogen) atoms. The number of hydrogen-bond donors (Lipinski definition) is 3. The van der Waals surface area contributed by atoms with Gasteiger partial charge in [0.25, 0.3) is 0 Å². The summed E-state index contributed by atoms with van der Waals surface area (Å²) < 4.78 is 5.94. The minimum Gasteiger partial charge on any atom is -0.489 e. The molecule has 0 aromatic heterocycles. The Morgan fingerprint density at radius 1 is 1.12 bits per heavy atom. The number of ether oxygens (including phenoxy) is 1. The molecule has 2 atom stereocenters. The van der Waals surface area contributed by atoms with Crippen molar-refractivity contribution >= 4 is 0 Å². The molecule has 0 spiro atoms. The second-order valence-corrected chi connectivity index (χ2v) is 5.88. The molecule has 0 radical (unpaired) electrons. The molecule has 2 aromatic rings. The molecular weight excluding hydrogens is 302 g/mol. The molecule has 0 saturated carbocycles. The van der Waals surface area contributed by atoms with Gasteiger partial charge in [-0.3, -0.25) is 0 Å². The first-order chi connectivity index (χ1) is 11.8. The summed E-state index contributed by atoms with van der Waals surface area (Å²) in [5.74, 6) is 0.790. The molecule has 1 fully saturated rings. The van der Waals surface area contributed by atoms with Crippen LogP contribution in [-0.4, -0.2) is 30.3 Å². The van der Waals surface area contributed by atoms with E-state index in [-0.39, 0.29) is 12.1 Å². The van der Waals surface area contributed by atoms with E-state index < -0.39 is 0 Å². The maximum Gasteiger partial charge on any atom is 0.124 e. The van der Waals surface area contributed by atoms with Crippen LogP contribution in [0.2, 0.25) is 0 Å². The fourth-order valence-corrected chi connectivity index (χ4v) is 2.82. The topological polar surface area (TPSA) is 77.3 Å². The van der Waals surface area contributed by atoms with Crippen LogP contribution in [0.3, 0.4) is 0 Å². The molecule has 1 aliphatic rings. The van der Waals surface area contributed by atoms with Crippen molar-refractivity contribution in [2.45, 2.75) is 25.3 Å². The lowest BCUT2D eigenvalue weighted by Crippen LogP contribution is -2.38. The first kappa shape index (κ1) is 16.5. The zero-order valence-electron chi connectivity index (χ0n) is 13.4. The minimum absolute atomic E-state index is 0.0531. The van der Waals surface area contributed by atoms with Crippen molar-refractivity contribution < 1.29 is 9.84 Å². The summed E-state index contributed by atoms with van der Waals surface area (Å²) in [5.41, 5.74) is 2.54. The smallest absolute Gasteiger partial charge is 0.124 e. The first-order valence-corrected chi connectivity index (χ1v) is 8.09. The Labute approximate surface area is 141 Å². The zero-order valence-corrected chi connectivity index (χ0v) is 13.4. The summed E-state index contributed by atoms with van der Waals surface area (Å²) in [4.78, 5) is 0. The SMILES string of the molecule is N#Cc1ccccc1COc1ccccc1CN[C@@H]1CNC[C@H]1O. The van der Waals surface area contributed by atoms with Gasteiger partial charge in [-0.2, -0.15) is 5.26 Å². The quantitative estimate of drug-likeness (QED) is 0.752. The molecule has 1 heterocycles. The number of nitriles is 1. The summed E-state index contributed by atoms with van der Waals surface area (Å²) in [7, 11) is 0. The van der Waals surface area contributed by atoms with E-state index in [1.165, 1.54) is 0 Å². The third-order valence-corrected chi connectivity index (χ3v) is 4.23. The normalized spacial score (nSPS) is 19.8. The van der Waals surface area contributed by atoms with E-state index in [0.29, 0.717) is 25.3 Å². The molecule has 3 rings (SSSR count). The molecular formula is C19H21N3O2. The van der Waals surface area contributed by atoms with Gasteiger partial charge in [0.2, 0.25) is 0 Å². The van der Waals surface area contributed by atoms with Gasteiger partial charge < -0.3 is 20.5 Å². The number of nitrogens with one attached hydrogen (secondary N) is 2. The number of benzene rings is 2. The second-order valence-electron chi connectivity index (χ2n) is 5.88. The lowest BCUT2D eigenvalue weighted by molar-refractivity contribution is 0.162. The molecule has 0 amide bonds. The van der Waals surface area contributed by atoms with Crippen LogP contribution in [0.1, 0.15) is 16.7 Å². The van der Waals surface area contributed by atoms with Crippen LogP contribution in [-0.2, 0) is 13.2 Å². The van der Waals surface area contributed by atoms with Crippen LogP contribution in [0.15, 0.2) is 48.5 Å². The zero-order chi connectivity index (χ0) is 16.8. The maximum atomic E-state index is 9.86. The molecule has 0 aliphatic carbocycles. The Morgan fingerprint density at radius 3 is 2.62 bits per heavy atom. The molecule has 2 aromatic carbocycles. The third kappa shape index (κ3) is 3.92. The Morgan fingerprint density at radius 2 is 1.88 bits per heavy atom. The number of rotatable bonds is 6. The molecule has 0 unspecified atom stereocenters. The van der Waals surface area contributed by atoms with Crippen LogP contribution in [0.25, 0.3) is 0 Å². The van der Waals surface area contributed by atoms with E-state index in [4.69, 9.17) is 10.00 Å². The van der Waals surface area contributed by atoms with Crippen molar-refractivity contribution in [3.05, 3.63) is 65.2 Å². The average molecular weight is 323 g/mol. The summed E-state index contributed by atoms with van der Waals surface area (Å²) in [5, 5.41) is 25.5. The minimum atomic E-state index is -0.361. The highest BCUT2D eigenvalue weighted by atomic mass is 16.5.